The highest BCUT2D eigenvalue weighted by Crippen LogP contribution is 2.26. The highest BCUT2D eigenvalue weighted by molar-refractivity contribution is 7.99. The van der Waals surface area contributed by atoms with Crippen LogP contribution >= 0.6 is 11.8 Å². The van der Waals surface area contributed by atoms with Gasteiger partial charge in [0.2, 0.25) is 5.91 Å². The third-order valence-electron chi connectivity index (χ3n) is 4.99. The van der Waals surface area contributed by atoms with Gasteiger partial charge < -0.3 is 10.6 Å². The summed E-state index contributed by atoms with van der Waals surface area (Å²) in [7, 11) is 0. The average Bonchev–Trinajstić information content (AvgIpc) is 3.49. The van der Waals surface area contributed by atoms with Crippen LogP contribution in [0.2, 0.25) is 0 Å². The fourth-order valence-corrected chi connectivity index (χ4v) is 3.39. The van der Waals surface area contributed by atoms with Crippen molar-refractivity contribution >= 4 is 34.5 Å². The summed E-state index contributed by atoms with van der Waals surface area (Å²) in [5.74, 6) is -0.229. The Morgan fingerprint density at radius 2 is 2.07 bits per heavy atom. The molecule has 0 aliphatic heterocycles. The molecular weight excluding hydrogens is 372 g/mol. The molecule has 1 fully saturated rings. The van der Waals surface area contributed by atoms with E-state index in [2.05, 4.69) is 21.7 Å². The zero-order chi connectivity index (χ0) is 20.3. The lowest BCUT2D eigenvalue weighted by atomic mass is 9.90. The van der Waals surface area contributed by atoms with E-state index in [1.165, 1.54) is 11.8 Å². The Morgan fingerprint density at radius 1 is 1.36 bits per heavy atom. The third-order valence-corrected chi connectivity index (χ3v) is 5.90. The normalized spacial score (nSPS) is 15.7. The van der Waals surface area contributed by atoms with Crippen LogP contribution in [0.1, 0.15) is 44.0 Å². The number of nitriles is 1. The maximum Gasteiger partial charge on any atom is 0.252 e. The van der Waals surface area contributed by atoms with Gasteiger partial charge in [-0.05, 0) is 37.8 Å². The van der Waals surface area contributed by atoms with E-state index in [1.54, 1.807) is 13.0 Å². The lowest BCUT2D eigenvalue weighted by Gasteiger charge is -2.27. The Hall–Kier alpha value is -2.59. The summed E-state index contributed by atoms with van der Waals surface area (Å²) in [6.07, 6.45) is 2.04. The number of pyridine rings is 1. The van der Waals surface area contributed by atoms with Gasteiger partial charge in [-0.3, -0.25) is 9.59 Å². The molecular formula is C21H24N4O2S. The summed E-state index contributed by atoms with van der Waals surface area (Å²) in [5, 5.41) is 16.6. The highest BCUT2D eigenvalue weighted by atomic mass is 32.2. The second-order valence-electron chi connectivity index (χ2n) is 7.58. The van der Waals surface area contributed by atoms with Gasteiger partial charge >= 0.3 is 0 Å². The number of carbonyl (C=O) groups is 2. The van der Waals surface area contributed by atoms with Crippen molar-refractivity contribution in [2.75, 3.05) is 5.75 Å². The van der Waals surface area contributed by atoms with Crippen LogP contribution in [0.25, 0.3) is 10.9 Å². The number of aromatic nitrogens is 1. The van der Waals surface area contributed by atoms with Crippen LogP contribution in [0, 0.1) is 17.2 Å². The van der Waals surface area contributed by atoms with Crippen LogP contribution in [0.3, 0.4) is 0 Å². The predicted octanol–water partition coefficient (Wildman–Crippen LogP) is 3.27. The molecule has 7 heteroatoms. The number of thioether (sulfide) groups is 1. The number of nitrogens with zero attached hydrogens (tertiary/aromatic N) is 2. The fraction of sp³-hybridized carbons (Fsp3) is 0.429. The molecule has 0 bridgehead atoms. The first-order valence-corrected chi connectivity index (χ1v) is 10.4. The van der Waals surface area contributed by atoms with Gasteiger partial charge in [0.1, 0.15) is 5.54 Å². The SMILES string of the molecule is CC(C)C(C)(C#N)NC(=O)CSc1cc(C(=O)NC2CC2)c2ccccc2n1. The molecule has 0 spiro atoms. The van der Waals surface area contributed by atoms with E-state index in [0.717, 1.165) is 23.7 Å². The van der Waals surface area contributed by atoms with E-state index in [4.69, 9.17) is 0 Å². The van der Waals surface area contributed by atoms with Gasteiger partial charge in [-0.1, -0.05) is 43.8 Å². The monoisotopic (exact) mass is 396 g/mol. The summed E-state index contributed by atoms with van der Waals surface area (Å²) in [6.45, 7) is 5.51. The van der Waals surface area contributed by atoms with Gasteiger partial charge in [-0.2, -0.15) is 5.26 Å². The molecule has 1 aromatic carbocycles. The maximum atomic E-state index is 12.6. The third kappa shape index (κ3) is 4.63. The zero-order valence-corrected chi connectivity index (χ0v) is 17.1. The highest BCUT2D eigenvalue weighted by Gasteiger charge is 2.30. The molecule has 1 unspecified atom stereocenters. The molecule has 1 aliphatic carbocycles. The maximum absolute atomic E-state index is 12.6. The summed E-state index contributed by atoms with van der Waals surface area (Å²) in [6, 6.07) is 11.7. The van der Waals surface area contributed by atoms with Crippen LogP contribution < -0.4 is 10.6 Å². The minimum absolute atomic E-state index is 0.0111. The smallest absolute Gasteiger partial charge is 0.252 e. The number of hydrogen-bond acceptors (Lipinski definition) is 5. The Labute approximate surface area is 169 Å². The Bertz CT molecular complexity index is 949. The molecule has 0 radical (unpaired) electrons. The minimum Gasteiger partial charge on any atom is -0.349 e. The number of para-hydroxylation sites is 1. The van der Waals surface area contributed by atoms with Gasteiger partial charge in [0, 0.05) is 11.4 Å². The lowest BCUT2D eigenvalue weighted by Crippen LogP contribution is -2.49. The van der Waals surface area contributed by atoms with Crippen LogP contribution in [0.5, 0.6) is 0 Å². The molecule has 2 aromatic rings. The first-order chi connectivity index (χ1) is 13.3. The molecule has 6 nitrogen and oxygen atoms in total. The van der Waals surface area contributed by atoms with Crippen molar-refractivity contribution in [1.82, 2.24) is 15.6 Å². The second kappa shape index (κ2) is 8.19. The second-order valence-corrected chi connectivity index (χ2v) is 8.57. The molecule has 3 rings (SSSR count). The molecule has 0 saturated heterocycles. The molecule has 2 N–H and O–H groups in total. The molecule has 2 amide bonds. The van der Waals surface area contributed by atoms with E-state index in [1.807, 2.05) is 38.1 Å². The first kappa shape index (κ1) is 20.2. The molecule has 28 heavy (non-hydrogen) atoms. The Balaban J connectivity index is 1.77. The van der Waals surface area contributed by atoms with E-state index in [-0.39, 0.29) is 29.5 Å². The van der Waals surface area contributed by atoms with Crippen LogP contribution in [-0.4, -0.2) is 34.1 Å². The first-order valence-electron chi connectivity index (χ1n) is 9.38. The lowest BCUT2D eigenvalue weighted by molar-refractivity contribution is -0.120. The average molecular weight is 397 g/mol. The minimum atomic E-state index is -0.913. The van der Waals surface area contributed by atoms with E-state index in [0.29, 0.717) is 10.6 Å². The molecule has 146 valence electrons. The molecule has 1 aliphatic rings. The fourth-order valence-electron chi connectivity index (χ4n) is 2.67. The number of nitrogens with one attached hydrogen (secondary N) is 2. The van der Waals surface area contributed by atoms with E-state index >= 15 is 0 Å². The van der Waals surface area contributed by atoms with Crippen molar-refractivity contribution in [3.05, 3.63) is 35.9 Å². The quantitative estimate of drug-likeness (QED) is 0.701. The Kier molecular flexibility index (Phi) is 5.90. The van der Waals surface area contributed by atoms with Gasteiger partial charge in [0.05, 0.1) is 27.9 Å². The van der Waals surface area contributed by atoms with Gasteiger partial charge in [0.15, 0.2) is 0 Å². The van der Waals surface area contributed by atoms with Crippen LogP contribution in [-0.2, 0) is 4.79 Å². The standard InChI is InChI=1S/C21H24N4O2S/c1-13(2)21(3,12-22)25-18(26)11-28-19-10-16(20(27)23-14-8-9-14)15-6-4-5-7-17(15)24-19/h4-7,10,13-14H,8-9,11H2,1-3H3,(H,23,27)(H,25,26). The summed E-state index contributed by atoms with van der Waals surface area (Å²) in [4.78, 5) is 29.6. The van der Waals surface area contributed by atoms with Crippen molar-refractivity contribution in [3.63, 3.8) is 0 Å². The predicted molar refractivity (Wildman–Crippen MR) is 110 cm³/mol. The summed E-state index contributed by atoms with van der Waals surface area (Å²) < 4.78 is 0. The topological polar surface area (TPSA) is 94.9 Å². The Morgan fingerprint density at radius 3 is 2.71 bits per heavy atom. The molecule has 1 heterocycles. The molecule has 1 atom stereocenters. The summed E-state index contributed by atoms with van der Waals surface area (Å²) >= 11 is 1.26. The van der Waals surface area contributed by atoms with E-state index < -0.39 is 5.54 Å². The van der Waals surface area contributed by atoms with Gasteiger partial charge in [0.25, 0.3) is 5.91 Å². The van der Waals surface area contributed by atoms with Crippen molar-refractivity contribution in [3.8, 4) is 6.07 Å². The van der Waals surface area contributed by atoms with Crippen molar-refractivity contribution < 1.29 is 9.59 Å². The number of benzene rings is 1. The van der Waals surface area contributed by atoms with Crippen LogP contribution in [0.4, 0.5) is 0 Å². The van der Waals surface area contributed by atoms with Crippen molar-refractivity contribution in [2.45, 2.75) is 50.2 Å². The number of hydrogen-bond donors (Lipinski definition) is 2. The van der Waals surface area contributed by atoms with Gasteiger partial charge in [-0.25, -0.2) is 4.98 Å². The number of carbonyl (C=O) groups excluding carboxylic acids is 2. The number of rotatable bonds is 7. The van der Waals surface area contributed by atoms with Crippen molar-refractivity contribution in [1.29, 1.82) is 5.26 Å². The van der Waals surface area contributed by atoms with Crippen LogP contribution in [0.15, 0.2) is 35.4 Å². The number of fused-ring (bicyclic) bond motifs is 1. The van der Waals surface area contributed by atoms with E-state index in [9.17, 15) is 14.9 Å². The largest absolute Gasteiger partial charge is 0.349 e. The molecule has 1 aromatic heterocycles. The van der Waals surface area contributed by atoms with Gasteiger partial charge in [-0.15, -0.1) is 0 Å². The van der Waals surface area contributed by atoms with Crippen molar-refractivity contribution in [2.24, 2.45) is 5.92 Å². The molecule has 1 saturated carbocycles. The zero-order valence-electron chi connectivity index (χ0n) is 16.3. The number of amides is 2. The summed E-state index contributed by atoms with van der Waals surface area (Å²) in [5.41, 5.74) is 0.381.